The summed E-state index contributed by atoms with van der Waals surface area (Å²) in [6.07, 6.45) is 4.01. The Labute approximate surface area is 108 Å². The molecule has 0 radical (unpaired) electrons. The molecule has 1 atom stereocenters. The van der Waals surface area contributed by atoms with Gasteiger partial charge in [-0.2, -0.15) is 0 Å². The number of aliphatic carboxylic acids is 1. The molecular formula is C13H24N2O3. The van der Waals surface area contributed by atoms with Crippen molar-refractivity contribution in [1.29, 1.82) is 0 Å². The zero-order valence-electron chi connectivity index (χ0n) is 11.2. The van der Waals surface area contributed by atoms with E-state index in [0.717, 1.165) is 25.7 Å². The standard InChI is InChI=1S/C13H24N2O3/c1-9(2)7-10(14)12(18)15-13(8-11(16)17)5-3-4-6-13/h9-10H,3-8,14H2,1-2H3,(H,15,18)(H,16,17)/t10-/m1/s1. The van der Waals surface area contributed by atoms with Gasteiger partial charge in [0.25, 0.3) is 0 Å². The van der Waals surface area contributed by atoms with Crippen molar-refractivity contribution in [2.24, 2.45) is 11.7 Å². The molecule has 5 nitrogen and oxygen atoms in total. The van der Waals surface area contributed by atoms with Crippen LogP contribution in [0.15, 0.2) is 0 Å². The summed E-state index contributed by atoms with van der Waals surface area (Å²) in [5, 5.41) is 11.8. The van der Waals surface area contributed by atoms with Gasteiger partial charge in [-0.05, 0) is 25.2 Å². The zero-order chi connectivity index (χ0) is 13.8. The Morgan fingerprint density at radius 1 is 1.33 bits per heavy atom. The number of nitrogens with two attached hydrogens (primary N) is 1. The molecule has 1 fully saturated rings. The van der Waals surface area contributed by atoms with Gasteiger partial charge in [0.2, 0.25) is 5.91 Å². The van der Waals surface area contributed by atoms with E-state index in [2.05, 4.69) is 5.32 Å². The van der Waals surface area contributed by atoms with Gasteiger partial charge in [0, 0.05) is 0 Å². The highest BCUT2D eigenvalue weighted by molar-refractivity contribution is 5.83. The van der Waals surface area contributed by atoms with Crippen molar-refractivity contribution in [1.82, 2.24) is 5.32 Å². The van der Waals surface area contributed by atoms with E-state index in [4.69, 9.17) is 10.8 Å². The summed E-state index contributed by atoms with van der Waals surface area (Å²) in [5.41, 5.74) is 5.25. The summed E-state index contributed by atoms with van der Waals surface area (Å²) in [4.78, 5) is 22.9. The minimum absolute atomic E-state index is 0.00681. The molecule has 0 saturated heterocycles. The van der Waals surface area contributed by atoms with Crippen molar-refractivity contribution in [2.75, 3.05) is 0 Å². The van der Waals surface area contributed by atoms with Crippen LogP contribution < -0.4 is 11.1 Å². The Morgan fingerprint density at radius 3 is 2.33 bits per heavy atom. The molecule has 0 bridgehead atoms. The fraction of sp³-hybridized carbons (Fsp3) is 0.846. The molecule has 1 amide bonds. The highest BCUT2D eigenvalue weighted by atomic mass is 16.4. The predicted octanol–water partition coefficient (Wildman–Crippen LogP) is 1.26. The average molecular weight is 256 g/mol. The van der Waals surface area contributed by atoms with Crippen LogP contribution in [-0.4, -0.2) is 28.6 Å². The topological polar surface area (TPSA) is 92.4 Å². The van der Waals surface area contributed by atoms with Crippen LogP contribution in [0.4, 0.5) is 0 Å². The number of carbonyl (C=O) groups is 2. The van der Waals surface area contributed by atoms with Crippen LogP contribution >= 0.6 is 0 Å². The first-order valence-corrected chi connectivity index (χ1v) is 6.64. The lowest BCUT2D eigenvalue weighted by atomic mass is 9.92. The molecule has 5 heteroatoms. The largest absolute Gasteiger partial charge is 0.481 e. The number of hydrogen-bond acceptors (Lipinski definition) is 3. The minimum Gasteiger partial charge on any atom is -0.481 e. The highest BCUT2D eigenvalue weighted by Gasteiger charge is 2.38. The van der Waals surface area contributed by atoms with Gasteiger partial charge in [0.05, 0.1) is 18.0 Å². The third kappa shape index (κ3) is 4.29. The van der Waals surface area contributed by atoms with Gasteiger partial charge >= 0.3 is 5.97 Å². The lowest BCUT2D eigenvalue weighted by molar-refractivity contribution is -0.139. The van der Waals surface area contributed by atoms with Crippen molar-refractivity contribution >= 4 is 11.9 Å². The van der Waals surface area contributed by atoms with E-state index in [9.17, 15) is 9.59 Å². The molecule has 0 spiro atoms. The Bertz CT molecular complexity index is 309. The van der Waals surface area contributed by atoms with E-state index in [-0.39, 0.29) is 12.3 Å². The molecule has 0 unspecified atom stereocenters. The summed E-state index contributed by atoms with van der Waals surface area (Å²) in [7, 11) is 0. The predicted molar refractivity (Wildman–Crippen MR) is 69.0 cm³/mol. The Hall–Kier alpha value is -1.10. The maximum Gasteiger partial charge on any atom is 0.305 e. The van der Waals surface area contributed by atoms with Crippen LogP contribution in [0.3, 0.4) is 0 Å². The van der Waals surface area contributed by atoms with Gasteiger partial charge < -0.3 is 16.2 Å². The summed E-state index contributed by atoms with van der Waals surface area (Å²) in [5.74, 6) is -0.730. The van der Waals surface area contributed by atoms with Gasteiger partial charge in [-0.1, -0.05) is 26.7 Å². The maximum absolute atomic E-state index is 12.0. The summed E-state index contributed by atoms with van der Waals surface area (Å²) in [6.45, 7) is 4.02. The number of rotatable bonds is 6. The van der Waals surface area contributed by atoms with Crippen molar-refractivity contribution in [3.63, 3.8) is 0 Å². The van der Waals surface area contributed by atoms with Crippen molar-refractivity contribution in [3.8, 4) is 0 Å². The highest BCUT2D eigenvalue weighted by Crippen LogP contribution is 2.32. The molecule has 1 aliphatic rings. The fourth-order valence-corrected chi connectivity index (χ4v) is 2.66. The molecule has 18 heavy (non-hydrogen) atoms. The molecule has 0 aromatic carbocycles. The molecule has 4 N–H and O–H groups in total. The van der Waals surface area contributed by atoms with Gasteiger partial charge in [0.1, 0.15) is 0 Å². The second-order valence-corrected chi connectivity index (χ2v) is 5.78. The molecule has 0 heterocycles. The quantitative estimate of drug-likeness (QED) is 0.667. The van der Waals surface area contributed by atoms with Crippen LogP contribution in [0.25, 0.3) is 0 Å². The van der Waals surface area contributed by atoms with Crippen molar-refractivity contribution < 1.29 is 14.7 Å². The molecule has 1 aliphatic carbocycles. The van der Waals surface area contributed by atoms with E-state index in [0.29, 0.717) is 12.3 Å². The molecule has 0 aromatic rings. The fourth-order valence-electron chi connectivity index (χ4n) is 2.66. The first-order valence-electron chi connectivity index (χ1n) is 6.64. The third-order valence-electron chi connectivity index (χ3n) is 3.50. The van der Waals surface area contributed by atoms with Crippen molar-refractivity contribution in [3.05, 3.63) is 0 Å². The summed E-state index contributed by atoms with van der Waals surface area (Å²) in [6, 6.07) is -0.545. The van der Waals surface area contributed by atoms with Crippen molar-refractivity contribution in [2.45, 2.75) is 64.0 Å². The first-order chi connectivity index (χ1) is 8.34. The number of amides is 1. The van der Waals surface area contributed by atoms with Crippen LogP contribution in [0.1, 0.15) is 52.4 Å². The lowest BCUT2D eigenvalue weighted by Crippen LogP contribution is -2.53. The van der Waals surface area contributed by atoms with Crippen LogP contribution in [0.5, 0.6) is 0 Å². The summed E-state index contributed by atoms with van der Waals surface area (Å²) >= 11 is 0. The molecular weight excluding hydrogens is 232 g/mol. The number of carboxylic acid groups (broad SMARTS) is 1. The average Bonchev–Trinajstić information content (AvgIpc) is 2.63. The Balaban J connectivity index is 2.61. The minimum atomic E-state index is -0.866. The van der Waals surface area contributed by atoms with Crippen LogP contribution in [0.2, 0.25) is 0 Å². The normalized spacial score (nSPS) is 19.8. The number of hydrogen-bond donors (Lipinski definition) is 3. The lowest BCUT2D eigenvalue weighted by Gasteiger charge is -2.30. The molecule has 1 saturated carbocycles. The Morgan fingerprint density at radius 2 is 1.89 bits per heavy atom. The molecule has 104 valence electrons. The van der Waals surface area contributed by atoms with Gasteiger partial charge in [-0.15, -0.1) is 0 Å². The smallest absolute Gasteiger partial charge is 0.305 e. The molecule has 0 aromatic heterocycles. The second-order valence-electron chi connectivity index (χ2n) is 5.78. The second kappa shape index (κ2) is 6.18. The monoisotopic (exact) mass is 256 g/mol. The third-order valence-corrected chi connectivity index (χ3v) is 3.50. The maximum atomic E-state index is 12.0. The van der Waals surface area contributed by atoms with Crippen LogP contribution in [-0.2, 0) is 9.59 Å². The van der Waals surface area contributed by atoms with E-state index in [1.807, 2.05) is 13.8 Å². The molecule has 0 aliphatic heterocycles. The summed E-state index contributed by atoms with van der Waals surface area (Å²) < 4.78 is 0. The number of carboxylic acids is 1. The van der Waals surface area contributed by atoms with Gasteiger partial charge in [-0.25, -0.2) is 0 Å². The van der Waals surface area contributed by atoms with E-state index >= 15 is 0 Å². The SMILES string of the molecule is CC(C)C[C@@H](N)C(=O)NC1(CC(=O)O)CCCC1. The Kier molecular flexibility index (Phi) is 5.14. The van der Waals surface area contributed by atoms with Crippen LogP contribution in [0, 0.1) is 5.92 Å². The van der Waals surface area contributed by atoms with E-state index in [1.54, 1.807) is 0 Å². The van der Waals surface area contributed by atoms with E-state index in [1.165, 1.54) is 0 Å². The van der Waals surface area contributed by atoms with Gasteiger partial charge in [0.15, 0.2) is 0 Å². The van der Waals surface area contributed by atoms with E-state index < -0.39 is 17.6 Å². The number of nitrogens with one attached hydrogen (secondary N) is 1. The first kappa shape index (κ1) is 15.0. The molecule has 1 rings (SSSR count). The zero-order valence-corrected chi connectivity index (χ0v) is 11.2. The number of carbonyl (C=O) groups excluding carboxylic acids is 1. The van der Waals surface area contributed by atoms with Gasteiger partial charge in [-0.3, -0.25) is 9.59 Å².